The van der Waals surface area contributed by atoms with Gasteiger partial charge in [-0.25, -0.2) is 4.98 Å². The lowest BCUT2D eigenvalue weighted by atomic mass is 9.95. The maximum atomic E-state index is 12.9. The van der Waals surface area contributed by atoms with Gasteiger partial charge in [-0.1, -0.05) is 0 Å². The summed E-state index contributed by atoms with van der Waals surface area (Å²) in [6.45, 7) is 4.32. The average molecular weight is 417 g/mol. The molecule has 160 valence electrons. The number of anilines is 1. The first-order valence-electron chi connectivity index (χ1n) is 11.6. The molecule has 0 radical (unpaired) electrons. The molecule has 0 spiro atoms. The van der Waals surface area contributed by atoms with E-state index in [2.05, 4.69) is 26.1 Å². The lowest BCUT2D eigenvalue weighted by molar-refractivity contribution is -0.135. The van der Waals surface area contributed by atoms with Gasteiger partial charge >= 0.3 is 0 Å². The van der Waals surface area contributed by atoms with E-state index in [-0.39, 0.29) is 12.0 Å². The molecule has 3 heterocycles. The molecule has 4 fully saturated rings. The van der Waals surface area contributed by atoms with Crippen LogP contribution in [0.3, 0.4) is 0 Å². The van der Waals surface area contributed by atoms with Crippen molar-refractivity contribution in [2.75, 3.05) is 24.5 Å². The minimum atomic E-state index is 0.258. The molecule has 7 heteroatoms. The number of nitrogens with one attached hydrogen (secondary N) is 1. The summed E-state index contributed by atoms with van der Waals surface area (Å²) in [5, 5.41) is 17.1. The monoisotopic (exact) mass is 416 g/mol. The van der Waals surface area contributed by atoms with E-state index in [1.54, 1.807) is 0 Å². The Kier molecular flexibility index (Phi) is 4.31. The minimum Gasteiger partial charge on any atom is -0.352 e. The van der Waals surface area contributed by atoms with Crippen LogP contribution < -0.4 is 4.90 Å². The highest BCUT2D eigenvalue weighted by Gasteiger charge is 2.45. The summed E-state index contributed by atoms with van der Waals surface area (Å²) < 4.78 is 0. The zero-order valence-electron chi connectivity index (χ0n) is 18.0. The molecule has 31 heavy (non-hydrogen) atoms. The van der Waals surface area contributed by atoms with Gasteiger partial charge in [-0.15, -0.1) is 0 Å². The van der Waals surface area contributed by atoms with Gasteiger partial charge in [0.1, 0.15) is 11.9 Å². The summed E-state index contributed by atoms with van der Waals surface area (Å²) in [7, 11) is 0. The second kappa shape index (κ2) is 7.08. The van der Waals surface area contributed by atoms with E-state index in [9.17, 15) is 10.1 Å². The molecule has 3 aliphatic carbocycles. The third kappa shape index (κ3) is 3.29. The molecule has 1 aliphatic heterocycles. The van der Waals surface area contributed by atoms with Gasteiger partial charge in [0.25, 0.3) is 0 Å². The maximum Gasteiger partial charge on any atom is 0.226 e. The fourth-order valence-corrected chi connectivity index (χ4v) is 5.20. The van der Waals surface area contributed by atoms with E-state index in [1.165, 1.54) is 12.8 Å². The molecule has 7 nitrogen and oxygen atoms in total. The Morgan fingerprint density at radius 2 is 2.00 bits per heavy atom. The number of nitriles is 1. The smallest absolute Gasteiger partial charge is 0.226 e. The highest BCUT2D eigenvalue weighted by atomic mass is 16.2. The van der Waals surface area contributed by atoms with E-state index in [1.807, 2.05) is 19.3 Å². The Morgan fingerprint density at radius 1 is 1.19 bits per heavy atom. The molecule has 1 amide bonds. The van der Waals surface area contributed by atoms with E-state index in [0.717, 1.165) is 73.5 Å². The Hall–Kier alpha value is -2.88. The van der Waals surface area contributed by atoms with Crippen molar-refractivity contribution in [3.8, 4) is 17.2 Å². The lowest BCUT2D eigenvalue weighted by Crippen LogP contribution is -2.57. The van der Waals surface area contributed by atoms with Crippen LogP contribution in [0, 0.1) is 30.1 Å². The molecule has 3 saturated carbocycles. The van der Waals surface area contributed by atoms with Crippen molar-refractivity contribution >= 4 is 11.7 Å². The van der Waals surface area contributed by atoms with Gasteiger partial charge in [-0.2, -0.15) is 10.4 Å². The van der Waals surface area contributed by atoms with Crippen LogP contribution in [0.2, 0.25) is 0 Å². The van der Waals surface area contributed by atoms with Gasteiger partial charge < -0.3 is 9.80 Å². The standard InChI is InChI=1S/C24H28N6O/c1-14-19(10-25)23(28-22(16-4-5-16)21(14)18-11-26-27-12-18)29-8-9-30(24(31)17-6-7-17)20(13-29)15-2-3-15/h11-12,15-17,20H,2-9,13H2,1H3,(H,26,27)/t20-/m0/s1. The first-order valence-corrected chi connectivity index (χ1v) is 11.6. The molecule has 1 atom stereocenters. The van der Waals surface area contributed by atoms with Crippen molar-refractivity contribution in [3.05, 3.63) is 29.2 Å². The normalized spacial score (nSPS) is 23.7. The molecule has 2 aromatic heterocycles. The van der Waals surface area contributed by atoms with Crippen LogP contribution in [-0.4, -0.2) is 51.7 Å². The van der Waals surface area contributed by atoms with Crippen molar-refractivity contribution in [3.63, 3.8) is 0 Å². The van der Waals surface area contributed by atoms with Gasteiger partial charge in [0, 0.05) is 48.8 Å². The van der Waals surface area contributed by atoms with Crippen molar-refractivity contribution in [1.82, 2.24) is 20.1 Å². The number of nitrogens with zero attached hydrogens (tertiary/aromatic N) is 5. The number of carbonyl (C=O) groups is 1. The zero-order chi connectivity index (χ0) is 21.1. The van der Waals surface area contributed by atoms with Crippen LogP contribution in [0.25, 0.3) is 11.1 Å². The molecule has 0 aromatic carbocycles. The predicted octanol–water partition coefficient (Wildman–Crippen LogP) is 3.37. The third-order valence-corrected chi connectivity index (χ3v) is 7.41. The minimum absolute atomic E-state index is 0.258. The van der Waals surface area contributed by atoms with Crippen molar-refractivity contribution in [1.29, 1.82) is 5.26 Å². The quantitative estimate of drug-likeness (QED) is 0.807. The van der Waals surface area contributed by atoms with Crippen LogP contribution in [-0.2, 0) is 4.79 Å². The average Bonchev–Trinajstić information content (AvgIpc) is 3.65. The van der Waals surface area contributed by atoms with Crippen LogP contribution in [0.15, 0.2) is 12.4 Å². The summed E-state index contributed by atoms with van der Waals surface area (Å²) in [5.41, 5.74) is 4.84. The van der Waals surface area contributed by atoms with Crippen LogP contribution in [0.5, 0.6) is 0 Å². The second-order valence-electron chi connectivity index (χ2n) is 9.73. The Labute approximate surface area is 182 Å². The number of aromatic nitrogens is 3. The van der Waals surface area contributed by atoms with Gasteiger partial charge in [0.15, 0.2) is 0 Å². The molecule has 0 bridgehead atoms. The molecule has 2 aromatic rings. The van der Waals surface area contributed by atoms with Crippen LogP contribution in [0.1, 0.15) is 61.3 Å². The van der Waals surface area contributed by atoms with Crippen molar-refractivity contribution in [2.45, 2.75) is 57.4 Å². The van der Waals surface area contributed by atoms with Crippen molar-refractivity contribution < 1.29 is 4.79 Å². The van der Waals surface area contributed by atoms with Crippen LogP contribution >= 0.6 is 0 Å². The first kappa shape index (κ1) is 18.9. The summed E-state index contributed by atoms with van der Waals surface area (Å²) in [6.07, 6.45) is 10.5. The fourth-order valence-electron chi connectivity index (χ4n) is 5.20. The first-order chi connectivity index (χ1) is 15.2. The number of rotatable bonds is 5. The number of aromatic amines is 1. The number of hydrogen-bond acceptors (Lipinski definition) is 5. The van der Waals surface area contributed by atoms with Gasteiger partial charge in [0.05, 0.1) is 23.5 Å². The van der Waals surface area contributed by atoms with Crippen LogP contribution in [0.4, 0.5) is 5.82 Å². The Morgan fingerprint density at radius 3 is 2.61 bits per heavy atom. The zero-order valence-corrected chi connectivity index (χ0v) is 18.0. The largest absolute Gasteiger partial charge is 0.352 e. The summed E-state index contributed by atoms with van der Waals surface area (Å²) in [4.78, 5) is 22.5. The number of H-pyrrole nitrogens is 1. The second-order valence-corrected chi connectivity index (χ2v) is 9.73. The fraction of sp³-hybridized carbons (Fsp3) is 0.583. The molecule has 6 rings (SSSR count). The van der Waals surface area contributed by atoms with Crippen molar-refractivity contribution in [2.24, 2.45) is 11.8 Å². The number of piperazine rings is 1. The molecular weight excluding hydrogens is 388 g/mol. The van der Waals surface area contributed by atoms with Gasteiger partial charge in [-0.05, 0) is 56.9 Å². The number of carbonyl (C=O) groups excluding carboxylic acids is 1. The Balaban J connectivity index is 1.38. The number of hydrogen-bond donors (Lipinski definition) is 1. The van der Waals surface area contributed by atoms with E-state index < -0.39 is 0 Å². The molecule has 0 unspecified atom stereocenters. The highest BCUT2D eigenvalue weighted by molar-refractivity contribution is 5.82. The molecule has 1 N–H and O–H groups in total. The highest BCUT2D eigenvalue weighted by Crippen LogP contribution is 2.47. The summed E-state index contributed by atoms with van der Waals surface area (Å²) >= 11 is 0. The molecular formula is C24H28N6O. The Bertz CT molecular complexity index is 1060. The molecule has 4 aliphatic rings. The predicted molar refractivity (Wildman–Crippen MR) is 116 cm³/mol. The topological polar surface area (TPSA) is 88.9 Å². The van der Waals surface area contributed by atoms with E-state index in [4.69, 9.17) is 4.98 Å². The van der Waals surface area contributed by atoms with Gasteiger partial charge in [-0.3, -0.25) is 9.89 Å². The van der Waals surface area contributed by atoms with E-state index in [0.29, 0.717) is 23.3 Å². The summed E-state index contributed by atoms with van der Waals surface area (Å²) in [6, 6.07) is 2.71. The third-order valence-electron chi connectivity index (χ3n) is 7.41. The maximum absolute atomic E-state index is 12.9. The van der Waals surface area contributed by atoms with Gasteiger partial charge in [0.2, 0.25) is 5.91 Å². The lowest BCUT2D eigenvalue weighted by Gasteiger charge is -2.43. The number of amides is 1. The number of pyridine rings is 1. The van der Waals surface area contributed by atoms with E-state index >= 15 is 0 Å². The molecule has 1 saturated heterocycles. The summed E-state index contributed by atoms with van der Waals surface area (Å²) in [5.74, 6) is 2.50. The SMILES string of the molecule is Cc1c(C#N)c(N2CCN(C(=O)C3CC3)[C@H](C3CC3)C2)nc(C2CC2)c1-c1cn[nH]c1.